The van der Waals surface area contributed by atoms with Crippen LogP contribution in [-0.4, -0.2) is 61.2 Å². The van der Waals surface area contributed by atoms with Crippen LogP contribution >= 0.6 is 11.3 Å². The summed E-state index contributed by atoms with van der Waals surface area (Å²) in [6, 6.07) is 14.1. The number of nitrogens with one attached hydrogen (secondary N) is 1. The number of aromatic nitrogens is 2. The number of fused-ring (bicyclic) bond motifs is 3. The summed E-state index contributed by atoms with van der Waals surface area (Å²) in [7, 11) is 4.07. The van der Waals surface area contributed by atoms with Crippen molar-refractivity contribution in [3.05, 3.63) is 64.8 Å². The summed E-state index contributed by atoms with van der Waals surface area (Å²) in [6.07, 6.45) is 3.33. The number of carbonyl (C=O) groups excluding carboxylic acids is 1. The van der Waals surface area contributed by atoms with Gasteiger partial charge >= 0.3 is 6.03 Å². The Labute approximate surface area is 232 Å². The van der Waals surface area contributed by atoms with E-state index in [-0.39, 0.29) is 11.8 Å². The van der Waals surface area contributed by atoms with Gasteiger partial charge < -0.3 is 20.0 Å². The second-order valence-electron chi connectivity index (χ2n) is 10.8. The SMILES string of the molecule is CC1CCc2c(sc3nc(-c4ccc(N(C)C)cc4)nc(N4CCN(C(=O)Nc5cccc(F)c5)CC4)c23)C1. The summed E-state index contributed by atoms with van der Waals surface area (Å²) in [5.74, 6) is 2.02. The molecule has 7 nitrogen and oxygen atoms in total. The summed E-state index contributed by atoms with van der Waals surface area (Å²) < 4.78 is 13.6. The Balaban J connectivity index is 1.30. The number of benzene rings is 2. The van der Waals surface area contributed by atoms with Crippen molar-refractivity contribution in [3.8, 4) is 11.4 Å². The van der Waals surface area contributed by atoms with E-state index in [1.165, 1.54) is 34.4 Å². The summed E-state index contributed by atoms with van der Waals surface area (Å²) in [5.41, 5.74) is 4.00. The van der Waals surface area contributed by atoms with Gasteiger partial charge in [-0.05, 0) is 73.2 Å². The van der Waals surface area contributed by atoms with Gasteiger partial charge in [0.05, 0.1) is 5.39 Å². The lowest BCUT2D eigenvalue weighted by Gasteiger charge is -2.36. The first-order chi connectivity index (χ1) is 18.9. The quantitative estimate of drug-likeness (QED) is 0.339. The van der Waals surface area contributed by atoms with Crippen LogP contribution in [-0.2, 0) is 12.8 Å². The number of halogens is 1. The minimum atomic E-state index is -0.369. The molecule has 1 atom stereocenters. The Morgan fingerprint density at radius 1 is 1.08 bits per heavy atom. The minimum absolute atomic E-state index is 0.211. The average molecular weight is 545 g/mol. The molecule has 1 unspecified atom stereocenters. The van der Waals surface area contributed by atoms with Gasteiger partial charge in [0.15, 0.2) is 5.82 Å². The van der Waals surface area contributed by atoms with Crippen LogP contribution in [0.15, 0.2) is 48.5 Å². The van der Waals surface area contributed by atoms with Gasteiger partial charge in [-0.25, -0.2) is 19.2 Å². The molecule has 4 aromatic rings. The molecule has 9 heteroatoms. The molecule has 2 aliphatic rings. The van der Waals surface area contributed by atoms with Gasteiger partial charge in [0.1, 0.15) is 16.5 Å². The fraction of sp³-hybridized carbons (Fsp3) is 0.367. The molecule has 1 fully saturated rings. The summed E-state index contributed by atoms with van der Waals surface area (Å²) >= 11 is 1.82. The van der Waals surface area contributed by atoms with E-state index in [9.17, 15) is 9.18 Å². The van der Waals surface area contributed by atoms with Crippen molar-refractivity contribution in [1.29, 1.82) is 0 Å². The molecule has 0 bridgehead atoms. The number of rotatable bonds is 4. The van der Waals surface area contributed by atoms with E-state index in [1.807, 2.05) is 25.4 Å². The Kier molecular flexibility index (Phi) is 6.85. The molecular weight excluding hydrogens is 511 g/mol. The second kappa shape index (κ2) is 10.4. The number of piperazine rings is 1. The Morgan fingerprint density at radius 3 is 2.56 bits per heavy atom. The number of aryl methyl sites for hydroxylation is 1. The molecule has 0 radical (unpaired) electrons. The maximum absolute atomic E-state index is 13.6. The zero-order chi connectivity index (χ0) is 27.1. The maximum Gasteiger partial charge on any atom is 0.321 e. The number of urea groups is 1. The third kappa shape index (κ3) is 5.15. The predicted molar refractivity (Wildman–Crippen MR) is 158 cm³/mol. The molecule has 3 heterocycles. The highest BCUT2D eigenvalue weighted by atomic mass is 32.1. The lowest BCUT2D eigenvalue weighted by atomic mass is 9.89. The van der Waals surface area contributed by atoms with Gasteiger partial charge in [0, 0.05) is 62.1 Å². The average Bonchev–Trinajstić information content (AvgIpc) is 3.30. The van der Waals surface area contributed by atoms with E-state index < -0.39 is 0 Å². The molecule has 39 heavy (non-hydrogen) atoms. The van der Waals surface area contributed by atoms with E-state index in [2.05, 4.69) is 46.3 Å². The zero-order valence-corrected chi connectivity index (χ0v) is 23.4. The monoisotopic (exact) mass is 544 g/mol. The van der Waals surface area contributed by atoms with Crippen molar-refractivity contribution in [2.24, 2.45) is 5.92 Å². The number of amides is 2. The Morgan fingerprint density at radius 2 is 1.85 bits per heavy atom. The molecule has 0 saturated carbocycles. The number of nitrogens with zero attached hydrogens (tertiary/aromatic N) is 5. The highest BCUT2D eigenvalue weighted by Gasteiger charge is 2.29. The van der Waals surface area contributed by atoms with Crippen LogP contribution in [0.25, 0.3) is 21.6 Å². The first-order valence-electron chi connectivity index (χ1n) is 13.5. The maximum atomic E-state index is 13.6. The Bertz CT molecular complexity index is 1510. The summed E-state index contributed by atoms with van der Waals surface area (Å²) in [6.45, 7) is 4.78. The largest absolute Gasteiger partial charge is 0.378 e. The van der Waals surface area contributed by atoms with Gasteiger partial charge in [0.2, 0.25) is 0 Å². The number of anilines is 3. The molecule has 2 aromatic carbocycles. The fourth-order valence-corrected chi connectivity index (χ4v) is 6.86. The van der Waals surface area contributed by atoms with Crippen LogP contribution in [0.5, 0.6) is 0 Å². The lowest BCUT2D eigenvalue weighted by Crippen LogP contribution is -2.50. The van der Waals surface area contributed by atoms with E-state index in [0.717, 1.165) is 40.6 Å². The molecule has 1 aliphatic heterocycles. The van der Waals surface area contributed by atoms with Gasteiger partial charge in [-0.2, -0.15) is 0 Å². The molecule has 2 aromatic heterocycles. The molecule has 1 saturated heterocycles. The molecule has 2 amide bonds. The van der Waals surface area contributed by atoms with Crippen LogP contribution < -0.4 is 15.1 Å². The summed E-state index contributed by atoms with van der Waals surface area (Å²) in [4.78, 5) is 31.8. The summed E-state index contributed by atoms with van der Waals surface area (Å²) in [5, 5.41) is 4.01. The van der Waals surface area contributed by atoms with E-state index in [1.54, 1.807) is 17.0 Å². The molecule has 6 rings (SSSR count). The number of carbonyl (C=O) groups is 1. The molecule has 0 spiro atoms. The smallest absolute Gasteiger partial charge is 0.321 e. The molecule has 1 aliphatic carbocycles. The van der Waals surface area contributed by atoms with Gasteiger partial charge in [0.25, 0.3) is 0 Å². The number of thiophene rings is 1. The zero-order valence-electron chi connectivity index (χ0n) is 22.6. The standard InChI is InChI=1S/C30H33FN6OS/c1-19-7-12-24-25(17-19)39-29-26(24)28(33-27(34-29)20-8-10-23(11-9-20)35(2)3)36-13-15-37(16-14-36)30(38)32-22-6-4-5-21(31)18-22/h4-6,8-11,18-19H,7,12-17H2,1-3H3,(H,32,38). The van der Waals surface area contributed by atoms with Crippen molar-refractivity contribution in [3.63, 3.8) is 0 Å². The van der Waals surface area contributed by atoms with Crippen LogP contribution in [0.1, 0.15) is 23.8 Å². The Hall–Kier alpha value is -3.72. The number of hydrogen-bond acceptors (Lipinski definition) is 6. The van der Waals surface area contributed by atoms with Gasteiger partial charge in [-0.1, -0.05) is 13.0 Å². The lowest BCUT2D eigenvalue weighted by molar-refractivity contribution is 0.208. The van der Waals surface area contributed by atoms with Crippen molar-refractivity contribution in [1.82, 2.24) is 14.9 Å². The molecular formula is C30H33FN6OS. The van der Waals surface area contributed by atoms with Gasteiger partial charge in [-0.15, -0.1) is 11.3 Å². The van der Waals surface area contributed by atoms with Crippen LogP contribution in [0.4, 0.5) is 26.4 Å². The van der Waals surface area contributed by atoms with Crippen molar-refractivity contribution >= 4 is 44.8 Å². The van der Waals surface area contributed by atoms with Crippen LogP contribution in [0, 0.1) is 11.7 Å². The number of hydrogen-bond donors (Lipinski definition) is 1. The highest BCUT2D eigenvalue weighted by Crippen LogP contribution is 2.42. The van der Waals surface area contributed by atoms with Crippen LogP contribution in [0.2, 0.25) is 0 Å². The molecule has 202 valence electrons. The van der Waals surface area contributed by atoms with E-state index in [0.29, 0.717) is 37.8 Å². The topological polar surface area (TPSA) is 64.6 Å². The van der Waals surface area contributed by atoms with E-state index >= 15 is 0 Å². The normalized spacial score (nSPS) is 17.3. The third-order valence-electron chi connectivity index (χ3n) is 7.72. The first-order valence-corrected chi connectivity index (χ1v) is 14.3. The highest BCUT2D eigenvalue weighted by molar-refractivity contribution is 7.19. The van der Waals surface area contributed by atoms with Crippen molar-refractivity contribution < 1.29 is 9.18 Å². The van der Waals surface area contributed by atoms with Gasteiger partial charge in [-0.3, -0.25) is 0 Å². The van der Waals surface area contributed by atoms with Crippen molar-refractivity contribution in [2.75, 3.05) is 55.4 Å². The minimum Gasteiger partial charge on any atom is -0.378 e. The van der Waals surface area contributed by atoms with E-state index in [4.69, 9.17) is 9.97 Å². The van der Waals surface area contributed by atoms with Crippen molar-refractivity contribution in [2.45, 2.75) is 26.2 Å². The predicted octanol–water partition coefficient (Wildman–Crippen LogP) is 6.04. The molecule has 1 N–H and O–H groups in total. The fourth-order valence-electron chi connectivity index (χ4n) is 5.48. The third-order valence-corrected chi connectivity index (χ3v) is 8.87. The first kappa shape index (κ1) is 25.6. The second-order valence-corrected chi connectivity index (χ2v) is 11.8. The van der Waals surface area contributed by atoms with Crippen LogP contribution in [0.3, 0.4) is 0 Å².